The Bertz CT molecular complexity index is 1080. The van der Waals surface area contributed by atoms with Gasteiger partial charge in [0.1, 0.15) is 5.76 Å². The number of aromatic nitrogens is 1. The van der Waals surface area contributed by atoms with Gasteiger partial charge in [-0.15, -0.1) is 0 Å². The van der Waals surface area contributed by atoms with Crippen LogP contribution in [0, 0.1) is 0 Å². The highest BCUT2D eigenvalue weighted by Crippen LogP contribution is 2.43. The number of oxazole rings is 1. The first-order chi connectivity index (χ1) is 13.6. The van der Waals surface area contributed by atoms with Gasteiger partial charge in [-0.05, 0) is 37.1 Å². The number of benzene rings is 2. The van der Waals surface area contributed by atoms with E-state index in [1.807, 2.05) is 30.3 Å². The van der Waals surface area contributed by atoms with Crippen LogP contribution in [0.25, 0.3) is 11.5 Å². The van der Waals surface area contributed by atoms with Crippen molar-refractivity contribution in [1.29, 1.82) is 0 Å². The quantitative estimate of drug-likeness (QED) is 0.649. The van der Waals surface area contributed by atoms with Gasteiger partial charge >= 0.3 is 5.97 Å². The molecule has 1 saturated carbocycles. The van der Waals surface area contributed by atoms with Crippen LogP contribution in [0.4, 0.5) is 0 Å². The molecule has 0 bridgehead atoms. The predicted octanol–water partition coefficient (Wildman–Crippen LogP) is 3.59. The first kappa shape index (κ1) is 16.4. The second-order valence-corrected chi connectivity index (χ2v) is 6.70. The van der Waals surface area contributed by atoms with Crippen molar-refractivity contribution in [3.05, 3.63) is 77.2 Å². The molecule has 0 radical (unpaired) electrons. The number of hydrogen-bond acceptors (Lipinski definition) is 6. The molecule has 2 heterocycles. The first-order valence-corrected chi connectivity index (χ1v) is 8.89. The van der Waals surface area contributed by atoms with Gasteiger partial charge in [0.15, 0.2) is 5.69 Å². The summed E-state index contributed by atoms with van der Waals surface area (Å²) in [6.45, 7) is 0. The number of imide groups is 1. The molecule has 0 atom stereocenters. The van der Waals surface area contributed by atoms with Gasteiger partial charge in [-0.2, -0.15) is 0 Å². The van der Waals surface area contributed by atoms with Gasteiger partial charge in [-0.1, -0.05) is 35.4 Å². The molecule has 2 amide bonds. The summed E-state index contributed by atoms with van der Waals surface area (Å²) < 4.78 is 5.83. The average molecular weight is 374 g/mol. The lowest BCUT2D eigenvalue weighted by molar-refractivity contribution is -0.0589. The Labute approximate surface area is 159 Å². The Hall–Kier alpha value is -3.74. The third-order valence-electron chi connectivity index (χ3n) is 4.75. The highest BCUT2D eigenvalue weighted by Gasteiger charge is 2.41. The van der Waals surface area contributed by atoms with Gasteiger partial charge in [-0.3, -0.25) is 9.59 Å². The molecule has 5 rings (SSSR count). The molecule has 7 heteroatoms. The zero-order chi connectivity index (χ0) is 19.3. The van der Waals surface area contributed by atoms with Gasteiger partial charge < -0.3 is 9.25 Å². The number of nitrogens with zero attached hydrogens (tertiary/aromatic N) is 2. The lowest BCUT2D eigenvalue weighted by Gasteiger charge is -2.11. The maximum Gasteiger partial charge on any atom is 0.385 e. The summed E-state index contributed by atoms with van der Waals surface area (Å²) >= 11 is 0. The van der Waals surface area contributed by atoms with Crippen molar-refractivity contribution in [1.82, 2.24) is 10.0 Å². The Morgan fingerprint density at radius 3 is 2.18 bits per heavy atom. The van der Waals surface area contributed by atoms with Crippen LogP contribution in [0.15, 0.2) is 59.0 Å². The maximum atomic E-state index is 12.7. The first-order valence-electron chi connectivity index (χ1n) is 8.89. The largest absolute Gasteiger partial charge is 0.440 e. The monoisotopic (exact) mass is 374 g/mol. The minimum Gasteiger partial charge on any atom is -0.440 e. The molecular formula is C21H14N2O5. The number of carbonyl (C=O) groups is 3. The average Bonchev–Trinajstić information content (AvgIpc) is 3.44. The molecule has 3 aromatic rings. The Kier molecular flexibility index (Phi) is 3.61. The van der Waals surface area contributed by atoms with Crippen molar-refractivity contribution >= 4 is 17.8 Å². The molecule has 1 aliphatic carbocycles. The molecule has 7 nitrogen and oxygen atoms in total. The predicted molar refractivity (Wildman–Crippen MR) is 96.3 cm³/mol. The molecule has 138 valence electrons. The second kappa shape index (κ2) is 6.16. The van der Waals surface area contributed by atoms with E-state index in [0.717, 1.165) is 18.4 Å². The number of rotatable bonds is 4. The fourth-order valence-electron chi connectivity index (χ4n) is 3.18. The zero-order valence-electron chi connectivity index (χ0n) is 14.6. The topological polar surface area (TPSA) is 89.7 Å². The van der Waals surface area contributed by atoms with Crippen LogP contribution in [0.2, 0.25) is 0 Å². The van der Waals surface area contributed by atoms with Crippen LogP contribution in [0.3, 0.4) is 0 Å². The van der Waals surface area contributed by atoms with E-state index in [9.17, 15) is 14.4 Å². The molecule has 0 unspecified atom stereocenters. The van der Waals surface area contributed by atoms with E-state index >= 15 is 0 Å². The summed E-state index contributed by atoms with van der Waals surface area (Å²) in [6.07, 6.45) is 1.77. The van der Waals surface area contributed by atoms with Crippen LogP contribution in [0.1, 0.15) is 55.7 Å². The molecule has 1 fully saturated rings. The number of carbonyl (C=O) groups excluding carboxylic acids is 3. The molecule has 28 heavy (non-hydrogen) atoms. The van der Waals surface area contributed by atoms with Gasteiger partial charge in [0.25, 0.3) is 11.8 Å². The van der Waals surface area contributed by atoms with Crippen molar-refractivity contribution in [2.75, 3.05) is 0 Å². The molecule has 0 saturated heterocycles. The molecule has 1 aromatic heterocycles. The van der Waals surface area contributed by atoms with Crippen molar-refractivity contribution in [2.45, 2.75) is 18.8 Å². The number of amides is 2. The third-order valence-corrected chi connectivity index (χ3v) is 4.75. The smallest absolute Gasteiger partial charge is 0.385 e. The van der Waals surface area contributed by atoms with Gasteiger partial charge in [0, 0.05) is 11.5 Å². The lowest BCUT2D eigenvalue weighted by atomic mass is 10.1. The summed E-state index contributed by atoms with van der Waals surface area (Å²) in [5.41, 5.74) is 1.13. The van der Waals surface area contributed by atoms with Crippen LogP contribution in [-0.2, 0) is 4.84 Å². The van der Waals surface area contributed by atoms with E-state index < -0.39 is 17.8 Å². The number of hydroxylamine groups is 2. The van der Waals surface area contributed by atoms with Crippen molar-refractivity contribution in [3.8, 4) is 11.5 Å². The second-order valence-electron chi connectivity index (χ2n) is 6.70. The van der Waals surface area contributed by atoms with E-state index in [1.165, 1.54) is 12.1 Å². The summed E-state index contributed by atoms with van der Waals surface area (Å²) in [4.78, 5) is 47.0. The normalized spacial score (nSPS) is 15.6. The maximum absolute atomic E-state index is 12.7. The molecule has 0 N–H and O–H groups in total. The van der Waals surface area contributed by atoms with Crippen LogP contribution in [0.5, 0.6) is 0 Å². The highest BCUT2D eigenvalue weighted by atomic mass is 16.7. The Morgan fingerprint density at radius 1 is 0.964 bits per heavy atom. The highest BCUT2D eigenvalue weighted by molar-refractivity contribution is 6.21. The summed E-state index contributed by atoms with van der Waals surface area (Å²) in [5.74, 6) is -1.41. The van der Waals surface area contributed by atoms with Crippen molar-refractivity contribution < 1.29 is 23.6 Å². The SMILES string of the molecule is O=C(ON1C(=O)c2ccccc2C1=O)c1nc(-c2ccccc2)oc1C1CC1. The Balaban J connectivity index is 1.45. The number of hydrogen-bond donors (Lipinski definition) is 0. The zero-order valence-corrected chi connectivity index (χ0v) is 14.6. The molecule has 2 aromatic carbocycles. The van der Waals surface area contributed by atoms with E-state index in [1.54, 1.807) is 12.1 Å². The molecule has 2 aliphatic rings. The standard InChI is InChI=1S/C21H14N2O5/c24-19-14-8-4-5-9-15(14)20(25)23(19)28-21(26)16-17(12-10-11-12)27-18(22-16)13-6-2-1-3-7-13/h1-9,12H,10-11H2. The van der Waals surface area contributed by atoms with Gasteiger partial charge in [-0.25, -0.2) is 9.78 Å². The summed E-state index contributed by atoms with van der Waals surface area (Å²) in [6, 6.07) is 15.5. The van der Waals surface area contributed by atoms with Crippen molar-refractivity contribution in [3.63, 3.8) is 0 Å². The van der Waals surface area contributed by atoms with Crippen molar-refractivity contribution in [2.24, 2.45) is 0 Å². The summed E-state index contributed by atoms with van der Waals surface area (Å²) in [7, 11) is 0. The molecular weight excluding hydrogens is 360 g/mol. The van der Waals surface area contributed by atoms with Gasteiger partial charge in [0.2, 0.25) is 5.89 Å². The van der Waals surface area contributed by atoms with Gasteiger partial charge in [0.05, 0.1) is 11.1 Å². The molecule has 1 aliphatic heterocycles. The third kappa shape index (κ3) is 2.60. The van der Waals surface area contributed by atoms with Crippen LogP contribution < -0.4 is 0 Å². The van der Waals surface area contributed by atoms with Crippen LogP contribution >= 0.6 is 0 Å². The van der Waals surface area contributed by atoms with Crippen LogP contribution in [-0.4, -0.2) is 27.8 Å². The fourth-order valence-corrected chi connectivity index (χ4v) is 3.18. The minimum atomic E-state index is -0.887. The minimum absolute atomic E-state index is 0.00194. The van der Waals surface area contributed by atoms with E-state index in [-0.39, 0.29) is 22.7 Å². The fraction of sp³-hybridized carbons (Fsp3) is 0.143. The molecule has 0 spiro atoms. The number of fused-ring (bicyclic) bond motifs is 1. The van der Waals surface area contributed by atoms with E-state index in [0.29, 0.717) is 16.7 Å². The lowest BCUT2D eigenvalue weighted by Crippen LogP contribution is -2.33. The van der Waals surface area contributed by atoms with E-state index in [2.05, 4.69) is 4.98 Å². The Morgan fingerprint density at radius 2 is 1.57 bits per heavy atom. The summed E-state index contributed by atoms with van der Waals surface area (Å²) in [5, 5.41) is 0.487. The van der Waals surface area contributed by atoms with E-state index in [4.69, 9.17) is 9.25 Å².